The number of aliphatic hydroxyl groups is 1. The average molecular weight is 2040 g/mol. The third-order valence-electron chi connectivity index (χ3n) is 22.8. The lowest BCUT2D eigenvalue weighted by molar-refractivity contribution is -0.139. The topological polar surface area (TPSA) is 856 Å². The molecule has 2 aromatic heterocycles. The van der Waals surface area contributed by atoms with E-state index < -0.39 is 291 Å². The van der Waals surface area contributed by atoms with Gasteiger partial charge in [-0.25, -0.2) is 4.98 Å². The predicted octanol–water partition coefficient (Wildman–Crippen LogP) is -6.70. The van der Waals surface area contributed by atoms with Crippen molar-refractivity contribution < 1.29 is 121 Å². The Morgan fingerprint density at radius 1 is 0.361 bits per heavy atom. The van der Waals surface area contributed by atoms with Crippen LogP contribution in [-0.2, 0) is 139 Å². The number of primary amides is 5. The monoisotopic (exact) mass is 2040 g/mol. The number of hydrogen-bond acceptors (Lipinski definition) is 26. The van der Waals surface area contributed by atoms with Crippen molar-refractivity contribution in [1.29, 1.82) is 5.41 Å². The number of rotatable bonds is 62. The predicted molar refractivity (Wildman–Crippen MR) is 525 cm³/mol. The minimum absolute atomic E-state index is 0.0157. The number of fused-ring (bicyclic) bond motifs is 1. The second-order valence-corrected chi connectivity index (χ2v) is 35.2. The molecule has 0 aliphatic carbocycles. The number of guanidine groups is 1. The fourth-order valence-electron chi connectivity index (χ4n) is 15.2. The first-order valence-corrected chi connectivity index (χ1v) is 46.7. The Balaban J connectivity index is 1.14. The number of aromatic amines is 2. The number of para-hydroxylation sites is 1. The van der Waals surface area contributed by atoms with Gasteiger partial charge < -0.3 is 150 Å². The summed E-state index contributed by atoms with van der Waals surface area (Å²) in [5, 5.41) is 89.4. The van der Waals surface area contributed by atoms with Crippen molar-refractivity contribution in [2.24, 2.45) is 40.3 Å². The zero-order valence-corrected chi connectivity index (χ0v) is 80.9. The Kier molecular flexibility index (Phi) is 46.1. The van der Waals surface area contributed by atoms with Gasteiger partial charge in [-0.2, -0.15) is 0 Å². The first-order valence-electron chi connectivity index (χ1n) is 46.7. The van der Waals surface area contributed by atoms with Gasteiger partial charge in [0.2, 0.25) is 118 Å². The zero-order valence-electron chi connectivity index (χ0n) is 80.9. The van der Waals surface area contributed by atoms with E-state index in [0.29, 0.717) is 33.2 Å². The van der Waals surface area contributed by atoms with Crippen LogP contribution in [0.3, 0.4) is 0 Å². The number of nitrogens with two attached hydrogens (primary N) is 6. The number of carboxylic acid groups (broad SMARTS) is 1. The molecule has 5 aromatic carbocycles. The molecule has 790 valence electrons. The SMILES string of the molecule is CC(=O)N[C@@H](CCC(N)=O)C(=O)N[C@@H](Cc1ccc(O)cc1)C(=O)N[C@@H](CCCNC(=N)N)C(=O)N[C@@H](Cc1c[nH]cn1)C(=O)N[C@@H](Cc1ccc(O)cc1)C(=O)N[C@@H](Cc1c[nH]c2ccccc12)C(=O)N[C@@H](CO)C(=O)N[C@@H](CCC(=O)O)C(=O)N[C@@H](CC(N)=O)C(=O)N[C@@H](CC(C)C)C(=O)N[C@@H](Cc1ccccc1)C(=O)N[C@@H](CCC(N)=O)C(=O)N[C@@H](C)C(=O)N[C@@H](Cc1ccccc1)C(=O)N[C@@H](CC(N)=O)C(N)=O. The molecule has 51 nitrogen and oxygen atoms in total. The van der Waals surface area contributed by atoms with Crippen LogP contribution >= 0.6 is 0 Å². The minimum atomic E-state index is -2.13. The Hall–Kier alpha value is -17.4. The molecule has 51 heteroatoms. The lowest BCUT2D eigenvalue weighted by atomic mass is 10.00. The van der Waals surface area contributed by atoms with Gasteiger partial charge in [0.25, 0.3) is 0 Å². The number of imidazole rings is 1. The van der Waals surface area contributed by atoms with E-state index in [1.54, 1.807) is 98.8 Å². The summed E-state index contributed by atoms with van der Waals surface area (Å²) in [6.07, 6.45) is -3.91. The van der Waals surface area contributed by atoms with Crippen LogP contribution in [0.1, 0.15) is 132 Å². The fourth-order valence-corrected chi connectivity index (χ4v) is 15.2. The van der Waals surface area contributed by atoms with E-state index in [0.717, 1.165) is 6.92 Å². The molecule has 0 spiro atoms. The number of aromatic hydroxyl groups is 2. The maximum atomic E-state index is 15.4. The van der Waals surface area contributed by atoms with E-state index in [4.69, 9.17) is 39.8 Å². The molecular formula is C96H126N26O25. The molecule has 0 bridgehead atoms. The molecule has 20 amide bonds. The highest BCUT2D eigenvalue weighted by Crippen LogP contribution is 2.22. The Bertz CT molecular complexity index is 5800. The number of hydrogen-bond donors (Lipinski definition) is 29. The second kappa shape index (κ2) is 58.2. The molecule has 0 aliphatic heterocycles. The van der Waals surface area contributed by atoms with Gasteiger partial charge in [0.15, 0.2) is 5.96 Å². The van der Waals surface area contributed by atoms with Crippen LogP contribution < -0.4 is 119 Å². The van der Waals surface area contributed by atoms with Crippen LogP contribution in [0.2, 0.25) is 0 Å². The molecule has 147 heavy (non-hydrogen) atoms. The van der Waals surface area contributed by atoms with Crippen LogP contribution in [0.5, 0.6) is 11.5 Å². The summed E-state index contributed by atoms with van der Waals surface area (Å²) in [6, 6.07) is 7.56. The molecule has 0 unspecified atom stereocenters. The molecule has 7 aromatic rings. The molecule has 15 atom stereocenters. The Morgan fingerprint density at radius 3 is 1.12 bits per heavy atom. The number of nitrogens with zero attached hydrogens (tertiary/aromatic N) is 1. The normalized spacial score (nSPS) is 14.1. The van der Waals surface area contributed by atoms with Crippen LogP contribution in [0.25, 0.3) is 10.9 Å². The van der Waals surface area contributed by atoms with Crippen LogP contribution in [0.4, 0.5) is 0 Å². The highest BCUT2D eigenvalue weighted by atomic mass is 16.4. The van der Waals surface area contributed by atoms with E-state index in [1.807, 2.05) is 0 Å². The molecule has 2 heterocycles. The maximum Gasteiger partial charge on any atom is 0.303 e. The van der Waals surface area contributed by atoms with E-state index >= 15 is 19.2 Å². The molecular weight excluding hydrogens is 1920 g/mol. The average Bonchev–Trinajstić information content (AvgIpc) is 1.67. The second-order valence-electron chi connectivity index (χ2n) is 35.2. The highest BCUT2D eigenvalue weighted by molar-refractivity contribution is 6.03. The van der Waals surface area contributed by atoms with Crippen molar-refractivity contribution in [2.75, 3.05) is 13.2 Å². The molecule has 7 rings (SSSR count). The lowest BCUT2D eigenvalue weighted by Gasteiger charge is -2.28. The van der Waals surface area contributed by atoms with E-state index in [-0.39, 0.29) is 80.7 Å². The Labute approximate surface area is 841 Å². The van der Waals surface area contributed by atoms with Gasteiger partial charge in [-0.3, -0.25) is 106 Å². The van der Waals surface area contributed by atoms with Gasteiger partial charge in [-0.1, -0.05) is 117 Å². The number of carboxylic acids is 1. The van der Waals surface area contributed by atoms with Crippen molar-refractivity contribution in [3.05, 3.63) is 186 Å². The van der Waals surface area contributed by atoms with Crippen LogP contribution in [0.15, 0.2) is 152 Å². The van der Waals surface area contributed by atoms with Crippen molar-refractivity contribution >= 4 is 141 Å². The van der Waals surface area contributed by atoms with E-state index in [1.165, 1.54) is 74.2 Å². The lowest BCUT2D eigenvalue weighted by Crippen LogP contribution is -2.62. The number of phenols is 2. The van der Waals surface area contributed by atoms with Gasteiger partial charge >= 0.3 is 5.97 Å². The molecule has 0 saturated carbocycles. The molecule has 35 N–H and O–H groups in total. The highest BCUT2D eigenvalue weighted by Gasteiger charge is 2.41. The summed E-state index contributed by atoms with van der Waals surface area (Å²) < 4.78 is 0. The zero-order chi connectivity index (χ0) is 108. The summed E-state index contributed by atoms with van der Waals surface area (Å²) in [6.45, 7) is 4.18. The third kappa shape index (κ3) is 40.5. The van der Waals surface area contributed by atoms with Crippen molar-refractivity contribution in [2.45, 2.75) is 227 Å². The maximum absolute atomic E-state index is 15.4. The van der Waals surface area contributed by atoms with E-state index in [9.17, 15) is 102 Å². The third-order valence-corrected chi connectivity index (χ3v) is 22.8. The van der Waals surface area contributed by atoms with E-state index in [2.05, 4.69) is 100 Å². The summed E-state index contributed by atoms with van der Waals surface area (Å²) in [7, 11) is 0. The molecule has 0 fully saturated rings. The number of aromatic nitrogens is 3. The summed E-state index contributed by atoms with van der Waals surface area (Å²) in [4.78, 5) is 301. The smallest absolute Gasteiger partial charge is 0.303 e. The van der Waals surface area contributed by atoms with Gasteiger partial charge in [-0.15, -0.1) is 0 Å². The number of phenolic OH excluding ortho intramolecular Hbond substituents is 2. The number of aliphatic hydroxyl groups excluding tert-OH is 1. The molecule has 0 radical (unpaired) electrons. The standard InChI is InChI=1S/C96H126N26O25/c1-49(2)36-67(87(139)117-69(38-53-16-9-6-10-17-53)89(141)111-64(30-33-77(98)128)83(135)108-50(3)82(134)114-68(37-52-14-7-5-8-15-52)90(142)113-66(81(101)133)43-78(99)129)115-94(146)74(44-79(100)130)121-86(138)65(31-34-80(131)132)112-95(147)75(47-123)122-92(144)72(41-56-45-106-61-19-12-11-18-60(56)61)119-91(143)71(40-55-23-27-59(126)28-24-55)118-93(145)73(42-57-46-104-48-107-57)120-84(136)62(20-13-35-105-96(102)103)110-88(140)70(39-54-21-25-58(125)26-22-54)116-85(137)63(109-51(4)124)29-32-76(97)127/h5-12,14-19,21-28,45-46,48-50,62-75,106,123,125-126H,13,20,29-44,47H2,1-4H3,(H2,97,127)(H2,98,128)(H2,99,129)(H2,100,130)(H2,101,133)(H,104,107)(H,108,135)(H,109,124)(H,110,140)(H,111,141)(H,112,147)(H,113,142)(H,114,134)(H,115,146)(H,116,137)(H,117,139)(H,118,145)(H,119,143)(H,120,136)(H,121,138)(H,122,144)(H,131,132)(H4,102,103,105)/t50-,62-,63-,64-,65-,66-,67-,68-,69-,70-,71-,72-,73-,74-,75-/m0/s1. The summed E-state index contributed by atoms with van der Waals surface area (Å²) >= 11 is 0. The number of amides is 20. The van der Waals surface area contributed by atoms with Gasteiger partial charge in [-0.05, 0) is 110 Å². The number of aliphatic carboxylic acids is 1. The van der Waals surface area contributed by atoms with Crippen molar-refractivity contribution in [3.8, 4) is 11.5 Å². The van der Waals surface area contributed by atoms with Crippen molar-refractivity contribution in [1.82, 2.24) is 100 Å². The molecule has 0 aliphatic rings. The largest absolute Gasteiger partial charge is 0.508 e. The number of H-pyrrole nitrogens is 2. The number of benzene rings is 5. The van der Waals surface area contributed by atoms with Crippen molar-refractivity contribution in [3.63, 3.8) is 0 Å². The van der Waals surface area contributed by atoms with Gasteiger partial charge in [0.1, 0.15) is 102 Å². The molecule has 0 saturated heterocycles. The van der Waals surface area contributed by atoms with Crippen LogP contribution in [-0.4, -0.2) is 269 Å². The quantitative estimate of drug-likeness (QED) is 0.00957. The minimum Gasteiger partial charge on any atom is -0.508 e. The number of carbonyl (C=O) groups is 21. The number of carbonyl (C=O) groups excluding carboxylic acids is 20. The van der Waals surface area contributed by atoms with Crippen LogP contribution in [0, 0.1) is 11.3 Å². The number of nitrogens with one attached hydrogen (secondary N) is 19. The fraction of sp³-hybridized carbons (Fsp3) is 0.406. The summed E-state index contributed by atoms with van der Waals surface area (Å²) in [5.74, 6) is -24.7. The first-order chi connectivity index (χ1) is 69.7. The summed E-state index contributed by atoms with van der Waals surface area (Å²) in [5.41, 5.74) is 35.4. The van der Waals surface area contributed by atoms with Gasteiger partial charge in [0.05, 0.1) is 31.5 Å². The van der Waals surface area contributed by atoms with Gasteiger partial charge in [0, 0.05) is 94.6 Å². The first kappa shape index (κ1) is 117. The Morgan fingerprint density at radius 2 is 0.707 bits per heavy atom.